The lowest BCUT2D eigenvalue weighted by molar-refractivity contribution is -0.131. The molecule has 1 aliphatic heterocycles. The smallest absolute Gasteiger partial charge is 0.321 e. The van der Waals surface area contributed by atoms with E-state index in [1.165, 1.54) is 0 Å². The Morgan fingerprint density at radius 1 is 1.24 bits per heavy atom. The number of carbonyl (C=O) groups excluding carboxylic acids is 2. The van der Waals surface area contributed by atoms with Crippen molar-refractivity contribution in [1.29, 1.82) is 0 Å². The summed E-state index contributed by atoms with van der Waals surface area (Å²) in [6, 6.07) is 7.05. The Labute approximate surface area is 124 Å². The quantitative estimate of drug-likeness (QED) is 0.919. The molecule has 0 atom stereocenters. The largest absolute Gasteiger partial charge is 0.497 e. The number of hydrogen-bond donors (Lipinski definition) is 1. The summed E-state index contributed by atoms with van der Waals surface area (Å²) in [4.78, 5) is 27.1. The first-order valence-corrected chi connectivity index (χ1v) is 6.91. The fraction of sp³-hybridized carbons (Fsp3) is 0.400. The van der Waals surface area contributed by atoms with Gasteiger partial charge in [0, 0.05) is 44.4 Å². The first-order chi connectivity index (χ1) is 10.1. The molecule has 21 heavy (non-hydrogen) atoms. The van der Waals surface area contributed by atoms with Gasteiger partial charge in [0.1, 0.15) is 5.75 Å². The molecule has 1 aliphatic rings. The van der Waals surface area contributed by atoms with E-state index in [0.29, 0.717) is 37.6 Å². The van der Waals surface area contributed by atoms with Crippen molar-refractivity contribution in [3.8, 4) is 5.75 Å². The minimum Gasteiger partial charge on any atom is -0.497 e. The number of amides is 3. The lowest BCUT2D eigenvalue weighted by Crippen LogP contribution is -2.51. The van der Waals surface area contributed by atoms with Crippen LogP contribution >= 0.6 is 0 Å². The number of ether oxygens (including phenoxy) is 1. The Hall–Kier alpha value is -2.24. The topological polar surface area (TPSA) is 61.9 Å². The zero-order valence-corrected chi connectivity index (χ0v) is 12.2. The molecule has 6 heteroatoms. The van der Waals surface area contributed by atoms with Gasteiger partial charge in [-0.1, -0.05) is 6.07 Å². The average molecular weight is 290 g/mol. The van der Waals surface area contributed by atoms with Crippen LogP contribution in [0.1, 0.15) is 6.42 Å². The van der Waals surface area contributed by atoms with Gasteiger partial charge >= 0.3 is 6.03 Å². The predicted octanol–water partition coefficient (Wildman–Crippen LogP) is 1.60. The molecule has 0 saturated carbocycles. The Kier molecular flexibility index (Phi) is 5.03. The number of methoxy groups -OCH3 is 1. The summed E-state index contributed by atoms with van der Waals surface area (Å²) in [7, 11) is 1.58. The van der Waals surface area contributed by atoms with E-state index in [1.54, 1.807) is 23.0 Å². The Morgan fingerprint density at radius 2 is 1.90 bits per heavy atom. The van der Waals surface area contributed by atoms with Crippen LogP contribution in [-0.2, 0) is 4.79 Å². The van der Waals surface area contributed by atoms with Gasteiger partial charge in [0.2, 0.25) is 5.91 Å². The number of piperazine rings is 1. The summed E-state index contributed by atoms with van der Waals surface area (Å²) in [5, 5.41) is 2.84. The van der Waals surface area contributed by atoms with Crippen molar-refractivity contribution >= 4 is 17.6 Å². The molecule has 0 unspecified atom stereocenters. The van der Waals surface area contributed by atoms with E-state index in [2.05, 4.69) is 12.2 Å². The summed E-state index contributed by atoms with van der Waals surface area (Å²) in [6.45, 7) is 5.76. The maximum Gasteiger partial charge on any atom is 0.321 e. The van der Waals surface area contributed by atoms with Crippen LogP contribution in [0.2, 0.25) is 0 Å². The standard InChI is InChI=1S/C15H20N3O3/c1-3-14(19)17-7-9-18(10-8-17)15(20)16-12-5-4-6-13(11-12)21-2/h4-6,11H,1,3,7-10H2,2H3,(H,16,20). The van der Waals surface area contributed by atoms with Gasteiger partial charge in [-0.3, -0.25) is 4.79 Å². The van der Waals surface area contributed by atoms with Crippen molar-refractivity contribution in [2.24, 2.45) is 0 Å². The summed E-state index contributed by atoms with van der Waals surface area (Å²) in [5.74, 6) is 0.724. The van der Waals surface area contributed by atoms with Crippen LogP contribution in [0.15, 0.2) is 24.3 Å². The highest BCUT2D eigenvalue weighted by molar-refractivity contribution is 5.89. The Morgan fingerprint density at radius 3 is 2.52 bits per heavy atom. The molecule has 0 aliphatic carbocycles. The maximum absolute atomic E-state index is 12.2. The number of hydrogen-bond acceptors (Lipinski definition) is 3. The highest BCUT2D eigenvalue weighted by Crippen LogP contribution is 2.17. The van der Waals surface area contributed by atoms with Crippen LogP contribution < -0.4 is 10.1 Å². The molecular formula is C15H20N3O3. The van der Waals surface area contributed by atoms with Crippen LogP contribution in [0, 0.1) is 6.92 Å². The van der Waals surface area contributed by atoms with Crippen LogP contribution in [0.25, 0.3) is 0 Å². The molecule has 1 saturated heterocycles. The zero-order chi connectivity index (χ0) is 15.2. The van der Waals surface area contributed by atoms with E-state index in [9.17, 15) is 9.59 Å². The minimum absolute atomic E-state index is 0.0304. The van der Waals surface area contributed by atoms with E-state index in [-0.39, 0.29) is 18.4 Å². The Bertz CT molecular complexity index is 511. The Balaban J connectivity index is 1.88. The van der Waals surface area contributed by atoms with Crippen LogP contribution in [0.4, 0.5) is 10.5 Å². The van der Waals surface area contributed by atoms with Crippen LogP contribution in [-0.4, -0.2) is 55.0 Å². The van der Waals surface area contributed by atoms with Gasteiger partial charge in [0.25, 0.3) is 0 Å². The third-order valence-corrected chi connectivity index (χ3v) is 3.45. The van der Waals surface area contributed by atoms with Crippen LogP contribution in [0.5, 0.6) is 5.75 Å². The molecule has 0 spiro atoms. The number of rotatable bonds is 3. The van der Waals surface area contributed by atoms with Gasteiger partial charge in [-0.15, -0.1) is 0 Å². The maximum atomic E-state index is 12.2. The summed E-state index contributed by atoms with van der Waals surface area (Å²) in [6.07, 6.45) is 0.260. The molecule has 1 N–H and O–H groups in total. The molecule has 6 nitrogen and oxygen atoms in total. The molecular weight excluding hydrogens is 270 g/mol. The average Bonchev–Trinajstić information content (AvgIpc) is 2.54. The number of nitrogens with zero attached hydrogens (tertiary/aromatic N) is 2. The second kappa shape index (κ2) is 6.97. The van der Waals surface area contributed by atoms with Gasteiger partial charge in [-0.05, 0) is 19.1 Å². The van der Waals surface area contributed by atoms with Gasteiger partial charge in [-0.25, -0.2) is 4.79 Å². The molecule has 1 aromatic carbocycles. The van der Waals surface area contributed by atoms with Crippen molar-refractivity contribution in [1.82, 2.24) is 9.80 Å². The first kappa shape index (κ1) is 15.2. The molecule has 113 valence electrons. The number of urea groups is 1. The molecule has 1 radical (unpaired) electrons. The van der Waals surface area contributed by atoms with E-state index in [0.717, 1.165) is 0 Å². The lowest BCUT2D eigenvalue weighted by Gasteiger charge is -2.34. The van der Waals surface area contributed by atoms with E-state index in [1.807, 2.05) is 18.2 Å². The molecule has 1 fully saturated rings. The highest BCUT2D eigenvalue weighted by Gasteiger charge is 2.23. The molecule has 1 heterocycles. The van der Waals surface area contributed by atoms with E-state index in [4.69, 9.17) is 4.74 Å². The van der Waals surface area contributed by atoms with Gasteiger partial charge in [-0.2, -0.15) is 0 Å². The minimum atomic E-state index is -0.162. The molecule has 0 aromatic heterocycles. The van der Waals surface area contributed by atoms with Crippen LogP contribution in [0.3, 0.4) is 0 Å². The third-order valence-electron chi connectivity index (χ3n) is 3.45. The highest BCUT2D eigenvalue weighted by atomic mass is 16.5. The predicted molar refractivity (Wildman–Crippen MR) is 80.1 cm³/mol. The van der Waals surface area contributed by atoms with E-state index >= 15 is 0 Å². The van der Waals surface area contributed by atoms with Gasteiger partial charge in [0.05, 0.1) is 7.11 Å². The lowest BCUT2D eigenvalue weighted by atomic mass is 10.3. The normalized spacial score (nSPS) is 14.8. The number of anilines is 1. The van der Waals surface area contributed by atoms with Gasteiger partial charge < -0.3 is 19.9 Å². The number of nitrogens with one attached hydrogen (secondary N) is 1. The van der Waals surface area contributed by atoms with E-state index < -0.39 is 0 Å². The van der Waals surface area contributed by atoms with Crippen molar-refractivity contribution in [2.45, 2.75) is 6.42 Å². The molecule has 3 amide bonds. The second-order valence-electron chi connectivity index (χ2n) is 4.78. The zero-order valence-electron chi connectivity index (χ0n) is 12.2. The van der Waals surface area contributed by atoms with Crippen molar-refractivity contribution in [3.63, 3.8) is 0 Å². The van der Waals surface area contributed by atoms with Crippen molar-refractivity contribution in [2.75, 3.05) is 38.6 Å². The fourth-order valence-corrected chi connectivity index (χ4v) is 2.22. The molecule has 2 rings (SSSR count). The summed E-state index contributed by atoms with van der Waals surface area (Å²) >= 11 is 0. The molecule has 1 aromatic rings. The second-order valence-corrected chi connectivity index (χ2v) is 4.78. The molecule has 0 bridgehead atoms. The summed E-state index contributed by atoms with van der Waals surface area (Å²) in [5.41, 5.74) is 0.690. The summed E-state index contributed by atoms with van der Waals surface area (Å²) < 4.78 is 5.12. The third kappa shape index (κ3) is 3.87. The van der Waals surface area contributed by atoms with Crippen molar-refractivity contribution in [3.05, 3.63) is 31.2 Å². The monoisotopic (exact) mass is 290 g/mol. The number of carbonyl (C=O) groups is 2. The first-order valence-electron chi connectivity index (χ1n) is 6.91. The van der Waals surface area contributed by atoms with Gasteiger partial charge in [0.15, 0.2) is 0 Å². The number of benzene rings is 1. The van der Waals surface area contributed by atoms with Crippen molar-refractivity contribution < 1.29 is 14.3 Å². The fourth-order valence-electron chi connectivity index (χ4n) is 2.22. The SMILES string of the molecule is [CH2]CC(=O)N1CCN(C(=O)Nc2cccc(OC)c2)CC1.